The van der Waals surface area contributed by atoms with Crippen molar-refractivity contribution in [1.29, 1.82) is 0 Å². The van der Waals surface area contributed by atoms with Crippen LogP contribution in [-0.4, -0.2) is 38.9 Å². The zero-order valence-corrected chi connectivity index (χ0v) is 10.2. The Labute approximate surface area is 112 Å². The number of carboxylic acid groups (broad SMARTS) is 1. The molecule has 2 N–H and O–H groups in total. The molecule has 0 radical (unpaired) electrons. The lowest BCUT2D eigenvalue weighted by Gasteiger charge is -2.27. The minimum Gasteiger partial charge on any atom is -0.478 e. The molecule has 3 amide bonds. The number of carbonyl (C=O) groups excluding carboxylic acids is 2. The Morgan fingerprint density at radius 1 is 1.35 bits per heavy atom. The molecule has 1 aliphatic heterocycles. The topological polar surface area (TPSA) is 104 Å². The molecule has 3 heterocycles. The smallest absolute Gasteiger partial charge is 0.337 e. The minimum absolute atomic E-state index is 0.0970. The molecule has 0 aromatic carbocycles. The van der Waals surface area contributed by atoms with Crippen molar-refractivity contribution >= 4 is 29.2 Å². The van der Waals surface area contributed by atoms with Crippen molar-refractivity contribution in [2.45, 2.75) is 6.42 Å². The number of aromatic carboxylic acids is 1. The number of carboxylic acids is 1. The number of carbonyl (C=O) groups is 3. The SMILES string of the molecule is O=C1CCN(c2ccc(C(=O)O)c3cncn23)C(=O)N1. The Hall–Kier alpha value is -2.90. The van der Waals surface area contributed by atoms with Crippen LogP contribution in [0.2, 0.25) is 0 Å². The number of fused-ring (bicyclic) bond motifs is 1. The fourth-order valence-electron chi connectivity index (χ4n) is 2.18. The molecule has 0 aliphatic carbocycles. The normalized spacial score (nSPS) is 15.5. The Morgan fingerprint density at radius 3 is 2.85 bits per heavy atom. The number of nitrogens with one attached hydrogen (secondary N) is 1. The van der Waals surface area contributed by atoms with Gasteiger partial charge in [0.2, 0.25) is 5.91 Å². The van der Waals surface area contributed by atoms with Crippen LogP contribution in [0.5, 0.6) is 0 Å². The zero-order chi connectivity index (χ0) is 14.3. The molecule has 0 atom stereocenters. The van der Waals surface area contributed by atoms with E-state index >= 15 is 0 Å². The van der Waals surface area contributed by atoms with Crippen molar-refractivity contribution in [1.82, 2.24) is 14.7 Å². The van der Waals surface area contributed by atoms with Crippen LogP contribution in [0.15, 0.2) is 24.7 Å². The maximum absolute atomic E-state index is 11.8. The zero-order valence-electron chi connectivity index (χ0n) is 10.2. The molecule has 1 saturated heterocycles. The number of aromatic nitrogens is 2. The summed E-state index contributed by atoms with van der Waals surface area (Å²) in [5, 5.41) is 11.3. The Balaban J connectivity index is 2.11. The number of hydrogen-bond acceptors (Lipinski definition) is 4. The number of imide groups is 1. The van der Waals surface area contributed by atoms with E-state index in [1.165, 1.54) is 34.0 Å². The van der Waals surface area contributed by atoms with Gasteiger partial charge >= 0.3 is 12.0 Å². The van der Waals surface area contributed by atoms with Crippen molar-refractivity contribution in [3.8, 4) is 0 Å². The van der Waals surface area contributed by atoms with Gasteiger partial charge in [-0.1, -0.05) is 0 Å². The number of pyridine rings is 1. The number of imidazole rings is 1. The van der Waals surface area contributed by atoms with E-state index in [1.807, 2.05) is 0 Å². The quantitative estimate of drug-likeness (QED) is 0.828. The number of nitrogens with zero attached hydrogens (tertiary/aromatic N) is 3. The number of rotatable bonds is 2. The van der Waals surface area contributed by atoms with E-state index in [-0.39, 0.29) is 24.4 Å². The highest BCUT2D eigenvalue weighted by molar-refractivity contribution is 6.05. The van der Waals surface area contributed by atoms with Gasteiger partial charge in [0.15, 0.2) is 0 Å². The molecule has 2 aromatic rings. The molecule has 20 heavy (non-hydrogen) atoms. The van der Waals surface area contributed by atoms with Gasteiger partial charge in [0, 0.05) is 13.0 Å². The first-order valence-electron chi connectivity index (χ1n) is 5.87. The summed E-state index contributed by atoms with van der Waals surface area (Å²) in [5.74, 6) is -0.928. The minimum atomic E-state index is -1.07. The summed E-state index contributed by atoms with van der Waals surface area (Å²) in [6.45, 7) is 0.240. The van der Waals surface area contributed by atoms with Crippen LogP contribution in [0.3, 0.4) is 0 Å². The molecule has 0 spiro atoms. The van der Waals surface area contributed by atoms with Crippen LogP contribution in [0, 0.1) is 0 Å². The molecule has 8 heteroatoms. The van der Waals surface area contributed by atoms with Gasteiger partial charge in [-0.2, -0.15) is 0 Å². The predicted octanol–water partition coefficient (Wildman–Crippen LogP) is 0.479. The van der Waals surface area contributed by atoms with Gasteiger partial charge in [0.05, 0.1) is 17.3 Å². The summed E-state index contributed by atoms with van der Waals surface area (Å²) in [6, 6.07) is 2.41. The Bertz CT molecular complexity index is 736. The molecule has 3 rings (SSSR count). The van der Waals surface area contributed by atoms with Crippen molar-refractivity contribution in [3.63, 3.8) is 0 Å². The largest absolute Gasteiger partial charge is 0.478 e. The summed E-state index contributed by atoms with van der Waals surface area (Å²) < 4.78 is 1.51. The highest BCUT2D eigenvalue weighted by Gasteiger charge is 2.26. The van der Waals surface area contributed by atoms with Gasteiger partial charge in [-0.3, -0.25) is 19.4 Å². The summed E-state index contributed by atoms with van der Waals surface area (Å²) in [6.07, 6.45) is 3.05. The fraction of sp³-hybridized carbons (Fsp3) is 0.167. The second-order valence-electron chi connectivity index (χ2n) is 4.31. The van der Waals surface area contributed by atoms with E-state index in [0.717, 1.165) is 0 Å². The molecule has 1 aliphatic rings. The van der Waals surface area contributed by atoms with Gasteiger partial charge < -0.3 is 5.11 Å². The van der Waals surface area contributed by atoms with Gasteiger partial charge in [0.25, 0.3) is 0 Å². The Kier molecular flexibility index (Phi) is 2.63. The summed E-state index contributed by atoms with van der Waals surface area (Å²) in [5.41, 5.74) is 0.486. The highest BCUT2D eigenvalue weighted by atomic mass is 16.4. The van der Waals surface area contributed by atoms with Gasteiger partial charge in [-0.25, -0.2) is 14.6 Å². The van der Waals surface area contributed by atoms with Crippen molar-refractivity contribution in [2.75, 3.05) is 11.4 Å². The van der Waals surface area contributed by atoms with Crippen LogP contribution >= 0.6 is 0 Å². The Morgan fingerprint density at radius 2 is 2.15 bits per heavy atom. The van der Waals surface area contributed by atoms with Gasteiger partial charge in [-0.15, -0.1) is 0 Å². The lowest BCUT2D eigenvalue weighted by molar-refractivity contribution is -0.120. The number of urea groups is 1. The average Bonchev–Trinajstić information content (AvgIpc) is 2.87. The van der Waals surface area contributed by atoms with Crippen LogP contribution < -0.4 is 10.2 Å². The molecule has 8 nitrogen and oxygen atoms in total. The third-order valence-electron chi connectivity index (χ3n) is 3.12. The van der Waals surface area contributed by atoms with Gasteiger partial charge in [-0.05, 0) is 12.1 Å². The molecule has 2 aromatic heterocycles. The first-order chi connectivity index (χ1) is 9.58. The van der Waals surface area contributed by atoms with Crippen LogP contribution in [0.1, 0.15) is 16.8 Å². The van der Waals surface area contributed by atoms with E-state index in [1.54, 1.807) is 0 Å². The highest BCUT2D eigenvalue weighted by Crippen LogP contribution is 2.22. The molecule has 0 unspecified atom stereocenters. The third-order valence-corrected chi connectivity index (χ3v) is 3.12. The molecular weight excluding hydrogens is 264 g/mol. The van der Waals surface area contributed by atoms with Crippen LogP contribution in [-0.2, 0) is 4.79 Å². The van der Waals surface area contributed by atoms with Gasteiger partial charge in [0.1, 0.15) is 12.1 Å². The molecular formula is C12H10N4O4. The molecule has 1 fully saturated rings. The van der Waals surface area contributed by atoms with E-state index in [2.05, 4.69) is 10.3 Å². The van der Waals surface area contributed by atoms with E-state index < -0.39 is 12.0 Å². The molecule has 0 bridgehead atoms. The lowest BCUT2D eigenvalue weighted by Crippen LogP contribution is -2.50. The van der Waals surface area contributed by atoms with Crippen LogP contribution in [0.25, 0.3) is 5.52 Å². The summed E-state index contributed by atoms with van der Waals surface area (Å²) in [7, 11) is 0. The van der Waals surface area contributed by atoms with Crippen LogP contribution in [0.4, 0.5) is 10.6 Å². The number of hydrogen-bond donors (Lipinski definition) is 2. The van der Waals surface area contributed by atoms with E-state index in [0.29, 0.717) is 11.3 Å². The first-order valence-corrected chi connectivity index (χ1v) is 5.87. The van der Waals surface area contributed by atoms with E-state index in [4.69, 9.17) is 5.11 Å². The number of anilines is 1. The standard InChI is InChI=1S/C12H10N4O4/c17-9-3-4-15(12(20)14-9)10-2-1-7(11(18)19)8-5-13-6-16(8)10/h1-2,5-6H,3-4H2,(H,18,19)(H,14,17,20). The number of amides is 3. The maximum Gasteiger partial charge on any atom is 0.337 e. The third kappa shape index (κ3) is 1.78. The monoisotopic (exact) mass is 274 g/mol. The maximum atomic E-state index is 11.8. The lowest BCUT2D eigenvalue weighted by atomic mass is 10.2. The molecule has 0 saturated carbocycles. The van der Waals surface area contributed by atoms with Crippen molar-refractivity contribution in [2.24, 2.45) is 0 Å². The van der Waals surface area contributed by atoms with Crippen molar-refractivity contribution < 1.29 is 19.5 Å². The first kappa shape index (κ1) is 12.2. The molecule has 102 valence electrons. The summed E-state index contributed by atoms with van der Waals surface area (Å²) in [4.78, 5) is 39.4. The fourth-order valence-corrected chi connectivity index (χ4v) is 2.18. The average molecular weight is 274 g/mol. The van der Waals surface area contributed by atoms with E-state index in [9.17, 15) is 14.4 Å². The predicted molar refractivity (Wildman–Crippen MR) is 67.7 cm³/mol. The second-order valence-corrected chi connectivity index (χ2v) is 4.31. The second kappa shape index (κ2) is 4.34. The summed E-state index contributed by atoms with van der Waals surface area (Å²) >= 11 is 0. The van der Waals surface area contributed by atoms with Crippen molar-refractivity contribution in [3.05, 3.63) is 30.2 Å².